The second kappa shape index (κ2) is 11.9. The van der Waals surface area contributed by atoms with Crippen LogP contribution in [0.4, 0.5) is 4.79 Å². The molecule has 1 fully saturated rings. The summed E-state index contributed by atoms with van der Waals surface area (Å²) in [5, 5.41) is 0. The second-order valence-corrected chi connectivity index (χ2v) is 6.43. The Morgan fingerprint density at radius 2 is 1.57 bits per heavy atom. The standard InChI is InChI=1S/C18H35NO2/c1-3-4-5-6-7-8-9-10-11-12-14-17-15-13-16-19(17)18(20)21-2/h17H,3-16H2,1-2H3. The zero-order chi connectivity index (χ0) is 15.3. The Labute approximate surface area is 131 Å². The third-order valence-corrected chi connectivity index (χ3v) is 4.68. The van der Waals surface area contributed by atoms with Crippen LogP contribution in [-0.2, 0) is 4.74 Å². The molecule has 124 valence electrons. The van der Waals surface area contributed by atoms with E-state index in [1.165, 1.54) is 71.3 Å². The van der Waals surface area contributed by atoms with Crippen molar-refractivity contribution in [3.8, 4) is 0 Å². The number of unbranched alkanes of at least 4 members (excludes halogenated alkanes) is 9. The van der Waals surface area contributed by atoms with E-state index in [-0.39, 0.29) is 6.09 Å². The molecule has 1 aliphatic rings. The quantitative estimate of drug-likeness (QED) is 0.469. The molecule has 1 rings (SSSR count). The van der Waals surface area contributed by atoms with Crippen LogP contribution >= 0.6 is 0 Å². The number of hydrogen-bond acceptors (Lipinski definition) is 2. The van der Waals surface area contributed by atoms with E-state index in [1.807, 2.05) is 4.90 Å². The number of hydrogen-bond donors (Lipinski definition) is 0. The first-order valence-corrected chi connectivity index (χ1v) is 9.14. The van der Waals surface area contributed by atoms with Gasteiger partial charge in [0.25, 0.3) is 0 Å². The Morgan fingerprint density at radius 1 is 1.00 bits per heavy atom. The Kier molecular flexibility index (Phi) is 10.4. The summed E-state index contributed by atoms with van der Waals surface area (Å²) >= 11 is 0. The number of likely N-dealkylation sites (tertiary alicyclic amines) is 1. The summed E-state index contributed by atoms with van der Waals surface area (Å²) in [6.45, 7) is 3.15. The Bertz CT molecular complexity index is 268. The molecule has 21 heavy (non-hydrogen) atoms. The summed E-state index contributed by atoms with van der Waals surface area (Å²) in [6.07, 6.45) is 17.0. The zero-order valence-electron chi connectivity index (χ0n) is 14.2. The maximum absolute atomic E-state index is 11.6. The van der Waals surface area contributed by atoms with E-state index in [9.17, 15) is 4.79 Å². The molecule has 0 aromatic carbocycles. The molecule has 0 saturated carbocycles. The van der Waals surface area contributed by atoms with Crippen molar-refractivity contribution in [1.82, 2.24) is 4.90 Å². The minimum atomic E-state index is -0.135. The van der Waals surface area contributed by atoms with Crippen LogP contribution in [-0.4, -0.2) is 30.7 Å². The van der Waals surface area contributed by atoms with Crippen LogP contribution in [0, 0.1) is 0 Å². The van der Waals surface area contributed by atoms with E-state index >= 15 is 0 Å². The van der Waals surface area contributed by atoms with Crippen LogP contribution in [0.25, 0.3) is 0 Å². The molecule has 1 unspecified atom stereocenters. The molecule has 0 bridgehead atoms. The number of ether oxygens (including phenoxy) is 1. The zero-order valence-corrected chi connectivity index (χ0v) is 14.2. The second-order valence-electron chi connectivity index (χ2n) is 6.43. The van der Waals surface area contributed by atoms with Gasteiger partial charge in [-0.2, -0.15) is 0 Å². The Hall–Kier alpha value is -0.730. The van der Waals surface area contributed by atoms with Gasteiger partial charge in [0.05, 0.1) is 7.11 Å². The fourth-order valence-corrected chi connectivity index (χ4v) is 3.36. The van der Waals surface area contributed by atoms with E-state index < -0.39 is 0 Å². The number of carbonyl (C=O) groups is 1. The molecule has 0 aliphatic carbocycles. The van der Waals surface area contributed by atoms with Crippen molar-refractivity contribution < 1.29 is 9.53 Å². The SMILES string of the molecule is CCCCCCCCCCCCC1CCCN1C(=O)OC. The van der Waals surface area contributed by atoms with Gasteiger partial charge in [-0.15, -0.1) is 0 Å². The highest BCUT2D eigenvalue weighted by molar-refractivity contribution is 5.68. The lowest BCUT2D eigenvalue weighted by Gasteiger charge is -2.23. The maximum atomic E-state index is 11.6. The molecular weight excluding hydrogens is 262 g/mol. The minimum Gasteiger partial charge on any atom is -0.453 e. The summed E-state index contributed by atoms with van der Waals surface area (Å²) in [6, 6.07) is 0.437. The normalized spacial score (nSPS) is 18.2. The summed E-state index contributed by atoms with van der Waals surface area (Å²) in [7, 11) is 1.48. The molecule has 1 atom stereocenters. The number of methoxy groups -OCH3 is 1. The van der Waals surface area contributed by atoms with Crippen LogP contribution in [0.5, 0.6) is 0 Å². The number of rotatable bonds is 11. The monoisotopic (exact) mass is 297 g/mol. The summed E-state index contributed by atoms with van der Waals surface area (Å²) < 4.78 is 4.85. The fourth-order valence-electron chi connectivity index (χ4n) is 3.36. The highest BCUT2D eigenvalue weighted by atomic mass is 16.5. The lowest BCUT2D eigenvalue weighted by Crippen LogP contribution is -2.35. The Balaban J connectivity index is 1.93. The van der Waals surface area contributed by atoms with Crippen molar-refractivity contribution in [3.05, 3.63) is 0 Å². The van der Waals surface area contributed by atoms with Gasteiger partial charge >= 0.3 is 6.09 Å². The molecule has 0 spiro atoms. The first kappa shape index (κ1) is 18.3. The van der Waals surface area contributed by atoms with Crippen LogP contribution in [0.2, 0.25) is 0 Å². The molecule has 1 heterocycles. The average Bonchev–Trinajstić information content (AvgIpc) is 2.97. The third kappa shape index (κ3) is 7.73. The van der Waals surface area contributed by atoms with Gasteiger partial charge in [-0.05, 0) is 19.3 Å². The first-order valence-electron chi connectivity index (χ1n) is 9.14. The molecule has 0 aromatic rings. The molecule has 1 amide bonds. The smallest absolute Gasteiger partial charge is 0.409 e. The average molecular weight is 297 g/mol. The topological polar surface area (TPSA) is 29.5 Å². The van der Waals surface area contributed by atoms with E-state index in [1.54, 1.807) is 0 Å². The van der Waals surface area contributed by atoms with Gasteiger partial charge in [-0.25, -0.2) is 4.79 Å². The van der Waals surface area contributed by atoms with Gasteiger partial charge in [0, 0.05) is 12.6 Å². The fraction of sp³-hybridized carbons (Fsp3) is 0.944. The maximum Gasteiger partial charge on any atom is 0.409 e. The third-order valence-electron chi connectivity index (χ3n) is 4.68. The first-order chi connectivity index (χ1) is 10.3. The molecule has 1 saturated heterocycles. The van der Waals surface area contributed by atoms with Gasteiger partial charge in [0.2, 0.25) is 0 Å². The summed E-state index contributed by atoms with van der Waals surface area (Å²) in [4.78, 5) is 13.5. The molecule has 3 nitrogen and oxygen atoms in total. The molecule has 0 aromatic heterocycles. The molecule has 3 heteroatoms. The van der Waals surface area contributed by atoms with Gasteiger partial charge in [0.15, 0.2) is 0 Å². The highest BCUT2D eigenvalue weighted by Gasteiger charge is 2.28. The largest absolute Gasteiger partial charge is 0.453 e. The van der Waals surface area contributed by atoms with Crippen molar-refractivity contribution in [2.75, 3.05) is 13.7 Å². The Morgan fingerprint density at radius 3 is 2.14 bits per heavy atom. The van der Waals surface area contributed by atoms with Crippen LogP contribution < -0.4 is 0 Å². The van der Waals surface area contributed by atoms with E-state index in [2.05, 4.69) is 6.92 Å². The molecule has 0 radical (unpaired) electrons. The van der Waals surface area contributed by atoms with Crippen LogP contribution in [0.3, 0.4) is 0 Å². The molecular formula is C18H35NO2. The van der Waals surface area contributed by atoms with Gasteiger partial charge in [0.1, 0.15) is 0 Å². The van der Waals surface area contributed by atoms with Crippen molar-refractivity contribution >= 4 is 6.09 Å². The molecule has 1 aliphatic heterocycles. The van der Waals surface area contributed by atoms with E-state index in [0.29, 0.717) is 6.04 Å². The predicted molar refractivity (Wildman–Crippen MR) is 88.6 cm³/mol. The van der Waals surface area contributed by atoms with Gasteiger partial charge < -0.3 is 9.64 Å². The lowest BCUT2D eigenvalue weighted by atomic mass is 10.0. The lowest BCUT2D eigenvalue weighted by molar-refractivity contribution is 0.116. The number of carbonyl (C=O) groups excluding carboxylic acids is 1. The van der Waals surface area contributed by atoms with Crippen molar-refractivity contribution in [3.63, 3.8) is 0 Å². The van der Waals surface area contributed by atoms with E-state index in [0.717, 1.165) is 25.8 Å². The molecule has 0 N–H and O–H groups in total. The van der Waals surface area contributed by atoms with Gasteiger partial charge in [-0.3, -0.25) is 0 Å². The minimum absolute atomic E-state index is 0.135. The van der Waals surface area contributed by atoms with Crippen LogP contribution in [0.1, 0.15) is 90.4 Å². The van der Waals surface area contributed by atoms with Crippen LogP contribution in [0.15, 0.2) is 0 Å². The van der Waals surface area contributed by atoms with E-state index in [4.69, 9.17) is 4.74 Å². The number of nitrogens with zero attached hydrogens (tertiary/aromatic N) is 1. The summed E-state index contributed by atoms with van der Waals surface area (Å²) in [5.74, 6) is 0. The van der Waals surface area contributed by atoms with Crippen molar-refractivity contribution in [2.45, 2.75) is 96.4 Å². The summed E-state index contributed by atoms with van der Waals surface area (Å²) in [5.41, 5.74) is 0. The highest BCUT2D eigenvalue weighted by Crippen LogP contribution is 2.23. The number of amides is 1. The van der Waals surface area contributed by atoms with Crippen molar-refractivity contribution in [1.29, 1.82) is 0 Å². The van der Waals surface area contributed by atoms with Crippen molar-refractivity contribution in [2.24, 2.45) is 0 Å². The predicted octanol–water partition coefficient (Wildman–Crippen LogP) is 5.53. The van der Waals surface area contributed by atoms with Gasteiger partial charge in [-0.1, -0.05) is 71.1 Å².